The zero-order chi connectivity index (χ0) is 27.8. The first-order valence-corrected chi connectivity index (χ1v) is 17.3. The summed E-state index contributed by atoms with van der Waals surface area (Å²) in [6.45, 7) is 7.95. The van der Waals surface area contributed by atoms with E-state index in [4.69, 9.17) is 0 Å². The van der Waals surface area contributed by atoms with E-state index < -0.39 is 5.60 Å². The zero-order valence-electron chi connectivity index (χ0n) is 25.4. The van der Waals surface area contributed by atoms with E-state index in [1.54, 1.807) is 0 Å². The summed E-state index contributed by atoms with van der Waals surface area (Å²) in [6.07, 6.45) is 26.0. The molecule has 4 nitrogen and oxygen atoms in total. The molecule has 8 atom stereocenters. The lowest BCUT2D eigenvalue weighted by molar-refractivity contribution is -0.179. The predicted octanol–water partition coefficient (Wildman–Crippen LogP) is 6.99. The van der Waals surface area contributed by atoms with Crippen LogP contribution < -0.4 is 0 Å². The quantitative estimate of drug-likeness (QED) is 0.371. The van der Waals surface area contributed by atoms with Crippen LogP contribution in [-0.4, -0.2) is 52.2 Å². The minimum atomic E-state index is -0.695. The van der Waals surface area contributed by atoms with Crippen molar-refractivity contribution in [1.29, 1.82) is 0 Å². The van der Waals surface area contributed by atoms with Gasteiger partial charge in [0.25, 0.3) is 0 Å². The first kappa shape index (κ1) is 27.8. The van der Waals surface area contributed by atoms with E-state index in [1.165, 1.54) is 51.4 Å². The number of allylic oxidation sites excluding steroid dienone is 4. The maximum Gasteiger partial charge on any atom is 0.162 e. The first-order chi connectivity index (χ1) is 19.2. The van der Waals surface area contributed by atoms with Crippen LogP contribution in [0.5, 0.6) is 0 Å². The van der Waals surface area contributed by atoms with E-state index in [9.17, 15) is 15.0 Å². The molecule has 5 fully saturated rings. The molecule has 8 unspecified atom stereocenters. The van der Waals surface area contributed by atoms with Gasteiger partial charge in [-0.15, -0.1) is 0 Å². The molecule has 0 aromatic heterocycles. The summed E-state index contributed by atoms with van der Waals surface area (Å²) in [7, 11) is 0. The van der Waals surface area contributed by atoms with Gasteiger partial charge in [0.2, 0.25) is 0 Å². The minimum absolute atomic E-state index is 0.0718. The van der Waals surface area contributed by atoms with E-state index in [0.717, 1.165) is 83.0 Å². The van der Waals surface area contributed by atoms with E-state index in [-0.39, 0.29) is 33.7 Å². The Morgan fingerprint density at radius 2 is 1.45 bits per heavy atom. The third kappa shape index (κ3) is 3.76. The van der Waals surface area contributed by atoms with Crippen LogP contribution >= 0.6 is 0 Å². The number of hydrogen-bond acceptors (Lipinski definition) is 4. The number of aliphatic hydroxyl groups is 2. The molecule has 1 aliphatic heterocycles. The van der Waals surface area contributed by atoms with Crippen molar-refractivity contribution in [3.05, 3.63) is 23.8 Å². The van der Waals surface area contributed by atoms with Crippen molar-refractivity contribution in [2.75, 3.05) is 19.6 Å². The number of nitrogens with zero attached hydrogens (tertiary/aromatic N) is 1. The third-order valence-electron chi connectivity index (χ3n) is 14.4. The van der Waals surface area contributed by atoms with Crippen LogP contribution in [0.4, 0.5) is 0 Å². The molecular formula is C36H55NO3. The fraction of sp³-hybridized carbons (Fsp3) is 0.861. The molecule has 4 heteroatoms. The van der Waals surface area contributed by atoms with Gasteiger partial charge in [-0.25, -0.2) is 0 Å². The number of hydrogen-bond donors (Lipinski definition) is 2. The molecule has 8 aliphatic rings. The van der Waals surface area contributed by atoms with Gasteiger partial charge in [-0.1, -0.05) is 70.6 Å². The Labute approximate surface area is 243 Å². The van der Waals surface area contributed by atoms with Crippen LogP contribution in [0.25, 0.3) is 0 Å². The maximum atomic E-state index is 14.7. The molecule has 2 bridgehead atoms. The molecule has 222 valence electrons. The molecule has 0 aromatic carbocycles. The van der Waals surface area contributed by atoms with Gasteiger partial charge in [0, 0.05) is 34.3 Å². The number of rotatable bonds is 4. The van der Waals surface area contributed by atoms with Gasteiger partial charge in [-0.2, -0.15) is 0 Å². The second-order valence-corrected chi connectivity index (χ2v) is 16.1. The minimum Gasteiger partial charge on any atom is -0.393 e. The second kappa shape index (κ2) is 9.78. The largest absolute Gasteiger partial charge is 0.393 e. The summed E-state index contributed by atoms with van der Waals surface area (Å²) in [5, 5.41) is 23.6. The van der Waals surface area contributed by atoms with Crippen LogP contribution in [0, 0.1) is 39.4 Å². The van der Waals surface area contributed by atoms with Gasteiger partial charge in [0.1, 0.15) is 0 Å². The normalized spacial score (nSPS) is 49.4. The molecule has 2 spiro atoms. The highest BCUT2D eigenvalue weighted by Gasteiger charge is 2.74. The lowest BCUT2D eigenvalue weighted by Crippen LogP contribution is -2.67. The van der Waals surface area contributed by atoms with Crippen LogP contribution in [0.3, 0.4) is 0 Å². The lowest BCUT2D eigenvalue weighted by atomic mass is 9.32. The molecule has 0 radical (unpaired) electrons. The molecule has 1 heterocycles. The summed E-state index contributed by atoms with van der Waals surface area (Å²) in [4.78, 5) is 17.2. The van der Waals surface area contributed by atoms with Crippen molar-refractivity contribution < 1.29 is 15.0 Å². The van der Waals surface area contributed by atoms with E-state index in [0.29, 0.717) is 17.6 Å². The van der Waals surface area contributed by atoms with E-state index in [1.807, 2.05) is 0 Å². The fourth-order valence-corrected chi connectivity index (χ4v) is 12.0. The summed E-state index contributed by atoms with van der Waals surface area (Å²) < 4.78 is 0. The average Bonchev–Trinajstić information content (AvgIpc) is 3.20. The van der Waals surface area contributed by atoms with Crippen LogP contribution in [-0.2, 0) is 4.79 Å². The van der Waals surface area contributed by atoms with Crippen molar-refractivity contribution >= 4 is 5.78 Å². The monoisotopic (exact) mass is 549 g/mol. The predicted molar refractivity (Wildman–Crippen MR) is 160 cm³/mol. The molecule has 40 heavy (non-hydrogen) atoms. The van der Waals surface area contributed by atoms with Gasteiger partial charge in [-0.3, -0.25) is 4.79 Å². The first-order valence-electron chi connectivity index (χ1n) is 17.3. The Morgan fingerprint density at radius 3 is 2.20 bits per heavy atom. The van der Waals surface area contributed by atoms with Crippen molar-refractivity contribution in [3.63, 3.8) is 0 Å². The Balaban J connectivity index is 1.30. The van der Waals surface area contributed by atoms with Gasteiger partial charge in [0.15, 0.2) is 5.78 Å². The van der Waals surface area contributed by atoms with Crippen LogP contribution in [0.1, 0.15) is 123 Å². The highest BCUT2D eigenvalue weighted by atomic mass is 16.3. The maximum absolute atomic E-state index is 14.7. The molecule has 0 aromatic rings. The van der Waals surface area contributed by atoms with Gasteiger partial charge in [0.05, 0.1) is 11.7 Å². The average molecular weight is 550 g/mol. The number of ketones is 1. The van der Waals surface area contributed by atoms with E-state index in [2.05, 4.69) is 37.0 Å². The third-order valence-corrected chi connectivity index (χ3v) is 14.4. The molecule has 1 saturated heterocycles. The van der Waals surface area contributed by atoms with Gasteiger partial charge >= 0.3 is 0 Å². The Bertz CT molecular complexity index is 1070. The number of carbonyl (C=O) groups excluding carboxylic acids is 1. The SMILES string of the molecule is CC12CCC(O)CC13C=CC1(C(C(=O)C4CCCCC4)=C3)C2CCC2(C)C1CCC2(O)CN1CCCCCCC1. The van der Waals surface area contributed by atoms with Crippen molar-refractivity contribution in [2.45, 2.75) is 135 Å². The summed E-state index contributed by atoms with van der Waals surface area (Å²) in [5.74, 6) is 1.31. The van der Waals surface area contributed by atoms with Crippen molar-refractivity contribution in [3.8, 4) is 0 Å². The Hall–Kier alpha value is -0.970. The Morgan fingerprint density at radius 1 is 0.825 bits per heavy atom. The number of β-amino-alcohol motifs (C(OH)–C–C–N with tert-alkyl or cyclic N) is 1. The molecule has 0 amide bonds. The molecule has 2 N–H and O–H groups in total. The molecule has 8 rings (SSSR count). The standard InChI is InChI=1S/C36H55NO3/c1-32-16-13-27(38)23-34(32)19-20-36(28(24-34)31(39)26-11-7-6-8-12-26)29(32)14-17-33(2)30(36)15-18-35(33,40)25-37-21-9-4-3-5-10-22-37/h19-20,24,26-27,29-30,38,40H,3-18,21-23,25H2,1-2H3. The number of likely N-dealkylation sites (tertiary alicyclic amines) is 1. The summed E-state index contributed by atoms with van der Waals surface area (Å²) >= 11 is 0. The zero-order valence-corrected chi connectivity index (χ0v) is 25.4. The molecule has 7 aliphatic carbocycles. The number of aliphatic hydroxyl groups excluding tert-OH is 1. The number of carbonyl (C=O) groups is 1. The lowest BCUT2D eigenvalue weighted by Gasteiger charge is -2.71. The summed E-state index contributed by atoms with van der Waals surface area (Å²) in [5.41, 5.74) is -0.166. The highest BCUT2D eigenvalue weighted by molar-refractivity contribution is 6.00. The topological polar surface area (TPSA) is 60.8 Å². The van der Waals surface area contributed by atoms with E-state index >= 15 is 0 Å². The molecule has 4 saturated carbocycles. The van der Waals surface area contributed by atoms with Gasteiger partial charge in [-0.05, 0) is 101 Å². The van der Waals surface area contributed by atoms with Crippen LogP contribution in [0.2, 0.25) is 0 Å². The smallest absolute Gasteiger partial charge is 0.162 e. The number of Topliss-reactive ketones (excluding diaryl/α,β-unsaturated/α-hetero) is 1. The van der Waals surface area contributed by atoms with Crippen LogP contribution in [0.15, 0.2) is 23.8 Å². The fourth-order valence-electron chi connectivity index (χ4n) is 12.0. The highest BCUT2D eigenvalue weighted by Crippen LogP contribution is 2.78. The Kier molecular flexibility index (Phi) is 6.80. The van der Waals surface area contributed by atoms with Crippen molar-refractivity contribution in [1.82, 2.24) is 4.90 Å². The number of fused-ring (bicyclic) bond motifs is 1. The second-order valence-electron chi connectivity index (χ2n) is 16.1. The van der Waals surface area contributed by atoms with Crippen molar-refractivity contribution in [2.24, 2.45) is 39.4 Å². The summed E-state index contributed by atoms with van der Waals surface area (Å²) in [6, 6.07) is 0. The molecular weight excluding hydrogens is 494 g/mol. The van der Waals surface area contributed by atoms with Gasteiger partial charge < -0.3 is 15.1 Å².